The summed E-state index contributed by atoms with van der Waals surface area (Å²) in [5.74, 6) is -0.153. The maximum absolute atomic E-state index is 13.2. The van der Waals surface area contributed by atoms with E-state index in [2.05, 4.69) is 10.6 Å². The van der Waals surface area contributed by atoms with Crippen LogP contribution < -0.4 is 25.8 Å². The molecule has 0 fully saturated rings. The van der Waals surface area contributed by atoms with Gasteiger partial charge in [-0.2, -0.15) is 0 Å². The van der Waals surface area contributed by atoms with Crippen LogP contribution in [0, 0.1) is 0 Å². The molecule has 0 spiro atoms. The number of hydrogen-bond donors (Lipinski definition) is 4. The van der Waals surface area contributed by atoms with Gasteiger partial charge in [-0.1, -0.05) is 60.1 Å². The Labute approximate surface area is 241 Å². The highest BCUT2D eigenvalue weighted by atomic mass is 35.5. The minimum atomic E-state index is -0.467. The van der Waals surface area contributed by atoms with Crippen molar-refractivity contribution in [2.75, 3.05) is 31.6 Å². The molecule has 5 aromatic carbocycles. The number of carbonyl (C=O) groups is 2. The summed E-state index contributed by atoms with van der Waals surface area (Å²) in [7, 11) is 0. The molecule has 0 aromatic heterocycles. The predicted octanol–water partition coefficient (Wildman–Crippen LogP) is 5.75. The molecule has 8 nitrogen and oxygen atoms in total. The van der Waals surface area contributed by atoms with Crippen LogP contribution in [0.15, 0.2) is 91.0 Å². The molecule has 0 saturated heterocycles. The minimum absolute atomic E-state index is 0.100. The van der Waals surface area contributed by atoms with Crippen LogP contribution in [0.2, 0.25) is 5.02 Å². The second-order valence-corrected chi connectivity index (χ2v) is 9.68. The smallest absolute Gasteiger partial charge is 0.259 e. The van der Waals surface area contributed by atoms with Gasteiger partial charge in [-0.3, -0.25) is 9.59 Å². The van der Waals surface area contributed by atoms with Crippen LogP contribution in [0.5, 0.6) is 17.2 Å². The SMILES string of the molecule is NCCOc1cc2ccccc2cc1C(=O)NCCOc1cc2ccccc2cc1C(=O)Nc1ccc(Cl)cc1O. The molecule has 0 saturated carbocycles. The second kappa shape index (κ2) is 12.6. The van der Waals surface area contributed by atoms with Gasteiger partial charge < -0.3 is 30.9 Å². The van der Waals surface area contributed by atoms with E-state index in [0.717, 1.165) is 21.5 Å². The van der Waals surface area contributed by atoms with Gasteiger partial charge in [0.05, 0.1) is 23.4 Å². The molecule has 5 aromatic rings. The monoisotopic (exact) mass is 569 g/mol. The number of carbonyl (C=O) groups excluding carboxylic acids is 2. The Bertz CT molecular complexity index is 1740. The molecule has 0 radical (unpaired) electrons. The van der Waals surface area contributed by atoms with Crippen molar-refractivity contribution in [1.82, 2.24) is 5.32 Å². The molecule has 0 aliphatic heterocycles. The molecule has 0 atom stereocenters. The molecule has 0 aliphatic rings. The summed E-state index contributed by atoms with van der Waals surface area (Å²) in [6, 6.07) is 26.8. The first-order valence-corrected chi connectivity index (χ1v) is 13.4. The van der Waals surface area contributed by atoms with E-state index in [9.17, 15) is 14.7 Å². The summed E-state index contributed by atoms with van der Waals surface area (Å²) in [6.45, 7) is 0.875. The van der Waals surface area contributed by atoms with Crippen LogP contribution in [-0.4, -0.2) is 43.2 Å². The average molecular weight is 570 g/mol. The highest BCUT2D eigenvalue weighted by Gasteiger charge is 2.18. The summed E-state index contributed by atoms with van der Waals surface area (Å²) < 4.78 is 11.7. The number of halogens is 1. The molecular weight excluding hydrogens is 542 g/mol. The summed E-state index contributed by atoms with van der Waals surface area (Å²) in [6.07, 6.45) is 0. The zero-order valence-corrected chi connectivity index (χ0v) is 22.8. The Morgan fingerprint density at radius 2 is 1.27 bits per heavy atom. The number of nitrogens with two attached hydrogens (primary N) is 1. The lowest BCUT2D eigenvalue weighted by Crippen LogP contribution is -2.29. The molecule has 0 bridgehead atoms. The Balaban J connectivity index is 1.31. The topological polar surface area (TPSA) is 123 Å². The Kier molecular flexibility index (Phi) is 8.53. The van der Waals surface area contributed by atoms with Crippen LogP contribution in [0.3, 0.4) is 0 Å². The van der Waals surface area contributed by atoms with E-state index in [0.29, 0.717) is 28.6 Å². The minimum Gasteiger partial charge on any atom is -0.506 e. The zero-order chi connectivity index (χ0) is 28.8. The van der Waals surface area contributed by atoms with Crippen LogP contribution in [0.4, 0.5) is 5.69 Å². The first-order valence-electron chi connectivity index (χ1n) is 13.0. The quantitative estimate of drug-likeness (QED) is 0.125. The van der Waals surface area contributed by atoms with Crippen LogP contribution in [0.1, 0.15) is 20.7 Å². The van der Waals surface area contributed by atoms with Gasteiger partial charge in [0.25, 0.3) is 11.8 Å². The molecule has 0 heterocycles. The van der Waals surface area contributed by atoms with E-state index in [1.54, 1.807) is 24.3 Å². The number of ether oxygens (including phenoxy) is 2. The fourth-order valence-electron chi connectivity index (χ4n) is 4.42. The summed E-state index contributed by atoms with van der Waals surface area (Å²) in [5, 5.41) is 19.7. The van der Waals surface area contributed by atoms with Crippen LogP contribution in [-0.2, 0) is 0 Å². The molecular formula is C32H28ClN3O5. The normalized spacial score (nSPS) is 10.9. The van der Waals surface area contributed by atoms with Gasteiger partial charge in [-0.25, -0.2) is 0 Å². The van der Waals surface area contributed by atoms with Crippen LogP contribution in [0.25, 0.3) is 21.5 Å². The molecule has 0 unspecified atom stereocenters. The fraction of sp³-hybridized carbons (Fsp3) is 0.125. The predicted molar refractivity (Wildman–Crippen MR) is 161 cm³/mol. The van der Waals surface area contributed by atoms with E-state index in [-0.39, 0.29) is 42.7 Å². The maximum Gasteiger partial charge on any atom is 0.259 e. The number of hydrogen-bond acceptors (Lipinski definition) is 6. The number of nitrogens with one attached hydrogen (secondary N) is 2. The lowest BCUT2D eigenvalue weighted by molar-refractivity contribution is 0.0940. The Hall–Kier alpha value is -4.79. The number of rotatable bonds is 10. The molecule has 9 heteroatoms. The number of fused-ring (bicyclic) bond motifs is 2. The summed E-state index contributed by atoms with van der Waals surface area (Å²) in [4.78, 5) is 26.4. The number of amides is 2. The fourth-order valence-corrected chi connectivity index (χ4v) is 4.59. The zero-order valence-electron chi connectivity index (χ0n) is 22.0. The Morgan fingerprint density at radius 3 is 1.83 bits per heavy atom. The summed E-state index contributed by atoms with van der Waals surface area (Å²) in [5.41, 5.74) is 6.49. The third-order valence-corrected chi connectivity index (χ3v) is 6.65. The van der Waals surface area contributed by atoms with Crippen molar-refractivity contribution < 1.29 is 24.2 Å². The van der Waals surface area contributed by atoms with Crippen molar-refractivity contribution in [1.29, 1.82) is 0 Å². The highest BCUT2D eigenvalue weighted by molar-refractivity contribution is 6.30. The van der Waals surface area contributed by atoms with Gasteiger partial charge >= 0.3 is 0 Å². The van der Waals surface area contributed by atoms with Gasteiger partial charge in [0, 0.05) is 17.6 Å². The van der Waals surface area contributed by atoms with Crippen molar-refractivity contribution in [3.8, 4) is 17.2 Å². The third-order valence-electron chi connectivity index (χ3n) is 6.41. The van der Waals surface area contributed by atoms with Gasteiger partial charge in [-0.05, 0) is 57.9 Å². The molecule has 2 amide bonds. The van der Waals surface area contributed by atoms with Crippen molar-refractivity contribution in [3.63, 3.8) is 0 Å². The van der Waals surface area contributed by atoms with Crippen LogP contribution >= 0.6 is 11.6 Å². The van der Waals surface area contributed by atoms with Gasteiger partial charge in [0.1, 0.15) is 30.5 Å². The van der Waals surface area contributed by atoms with Crippen molar-refractivity contribution in [3.05, 3.63) is 107 Å². The van der Waals surface area contributed by atoms with E-state index in [4.69, 9.17) is 26.8 Å². The number of phenolic OH excluding ortho intramolecular Hbond substituents is 1. The number of aromatic hydroxyl groups is 1. The van der Waals surface area contributed by atoms with Gasteiger partial charge in [0.2, 0.25) is 0 Å². The first kappa shape index (κ1) is 27.8. The lowest BCUT2D eigenvalue weighted by atomic mass is 10.0. The number of benzene rings is 5. The van der Waals surface area contributed by atoms with Crippen molar-refractivity contribution in [2.24, 2.45) is 5.73 Å². The largest absolute Gasteiger partial charge is 0.506 e. The maximum atomic E-state index is 13.2. The molecule has 5 rings (SSSR count). The van der Waals surface area contributed by atoms with E-state index in [1.807, 2.05) is 54.6 Å². The molecule has 41 heavy (non-hydrogen) atoms. The molecule has 0 aliphatic carbocycles. The standard InChI is InChI=1S/C32H28ClN3O5/c33-24-9-10-27(28(37)19-24)36-32(39)26-16-21-6-2-4-8-23(21)18-30(26)41-14-12-35-31(38)25-15-20-5-1-3-7-22(20)17-29(25)40-13-11-34/h1-10,15-19,37H,11-14,34H2,(H,35,38)(H,36,39). The van der Waals surface area contributed by atoms with E-state index < -0.39 is 5.91 Å². The Morgan fingerprint density at radius 1 is 0.732 bits per heavy atom. The van der Waals surface area contributed by atoms with E-state index >= 15 is 0 Å². The molecule has 208 valence electrons. The van der Waals surface area contributed by atoms with Gasteiger partial charge in [0.15, 0.2) is 0 Å². The van der Waals surface area contributed by atoms with Crippen molar-refractivity contribution in [2.45, 2.75) is 0 Å². The highest BCUT2D eigenvalue weighted by Crippen LogP contribution is 2.31. The van der Waals surface area contributed by atoms with Gasteiger partial charge in [-0.15, -0.1) is 0 Å². The third kappa shape index (κ3) is 6.51. The van der Waals surface area contributed by atoms with Crippen molar-refractivity contribution >= 4 is 50.6 Å². The first-order chi connectivity index (χ1) is 19.9. The number of anilines is 1. The molecule has 5 N–H and O–H groups in total. The lowest BCUT2D eigenvalue weighted by Gasteiger charge is -2.15. The second-order valence-electron chi connectivity index (χ2n) is 9.25. The van der Waals surface area contributed by atoms with E-state index in [1.165, 1.54) is 12.1 Å². The number of phenols is 1. The summed E-state index contributed by atoms with van der Waals surface area (Å²) >= 11 is 5.92. The average Bonchev–Trinajstić information content (AvgIpc) is 2.98.